The molecule has 4 aromatic rings. The fourth-order valence-corrected chi connectivity index (χ4v) is 7.34. The Hall–Kier alpha value is -2.36. The summed E-state index contributed by atoms with van der Waals surface area (Å²) in [4.78, 5) is 12.2. The number of thiophene rings is 1. The summed E-state index contributed by atoms with van der Waals surface area (Å²) in [5.74, 6) is 0.526. The standard InChI is InChI=1S/C21H21N5O2S2/c27-30(28,25-10-3-4-11-25)15-7-5-6-14(12-15)19-23-20-18-16-8-1-2-9-17(16)29-21(18)22-13-26(20)24-19/h5-7,12-13H,1-4,8-11H2. The Morgan fingerprint density at radius 3 is 2.73 bits per heavy atom. The van der Waals surface area contributed by atoms with E-state index in [1.54, 1.807) is 44.7 Å². The molecule has 2 aliphatic rings. The number of benzene rings is 1. The fraction of sp³-hybridized carbons (Fsp3) is 0.381. The first kappa shape index (κ1) is 18.4. The molecule has 0 atom stereocenters. The van der Waals surface area contributed by atoms with Gasteiger partial charge in [-0.3, -0.25) is 0 Å². The molecular weight excluding hydrogens is 418 g/mol. The van der Waals surface area contributed by atoms with Crippen LogP contribution < -0.4 is 0 Å². The normalized spacial score (nSPS) is 17.7. The molecule has 1 aromatic carbocycles. The van der Waals surface area contributed by atoms with Crippen LogP contribution in [0.5, 0.6) is 0 Å². The van der Waals surface area contributed by atoms with Crippen molar-refractivity contribution in [2.75, 3.05) is 13.1 Å². The van der Waals surface area contributed by atoms with Crippen molar-refractivity contribution in [1.82, 2.24) is 23.9 Å². The van der Waals surface area contributed by atoms with Crippen LogP contribution in [0.3, 0.4) is 0 Å². The van der Waals surface area contributed by atoms with Crippen LogP contribution >= 0.6 is 11.3 Å². The van der Waals surface area contributed by atoms with Gasteiger partial charge in [0.25, 0.3) is 0 Å². The third-order valence-corrected chi connectivity index (χ3v) is 9.18. The lowest BCUT2D eigenvalue weighted by atomic mass is 9.97. The van der Waals surface area contributed by atoms with E-state index in [0.717, 1.165) is 41.5 Å². The van der Waals surface area contributed by atoms with E-state index in [1.165, 1.54) is 23.3 Å². The van der Waals surface area contributed by atoms with Gasteiger partial charge in [0.1, 0.15) is 11.2 Å². The molecule has 0 amide bonds. The van der Waals surface area contributed by atoms with Crippen molar-refractivity contribution in [3.05, 3.63) is 41.0 Å². The van der Waals surface area contributed by atoms with Gasteiger partial charge in [0.2, 0.25) is 10.0 Å². The summed E-state index contributed by atoms with van der Waals surface area (Å²) >= 11 is 1.76. The number of sulfonamides is 1. The topological polar surface area (TPSA) is 80.5 Å². The molecule has 6 rings (SSSR count). The molecule has 1 aliphatic carbocycles. The van der Waals surface area contributed by atoms with E-state index < -0.39 is 10.0 Å². The van der Waals surface area contributed by atoms with Crippen LogP contribution in [0.1, 0.15) is 36.1 Å². The summed E-state index contributed by atoms with van der Waals surface area (Å²) in [6, 6.07) is 6.98. The summed E-state index contributed by atoms with van der Waals surface area (Å²) < 4.78 is 29.2. The number of nitrogens with zero attached hydrogens (tertiary/aromatic N) is 5. The lowest BCUT2D eigenvalue weighted by molar-refractivity contribution is 0.477. The lowest BCUT2D eigenvalue weighted by Crippen LogP contribution is -2.27. The Kier molecular flexibility index (Phi) is 4.19. The molecule has 0 bridgehead atoms. The first-order valence-electron chi connectivity index (χ1n) is 10.4. The second-order valence-electron chi connectivity index (χ2n) is 7.98. The quantitative estimate of drug-likeness (QED) is 0.487. The first-order chi connectivity index (χ1) is 14.6. The largest absolute Gasteiger partial charge is 0.243 e. The molecule has 1 fully saturated rings. The zero-order chi connectivity index (χ0) is 20.3. The molecule has 4 heterocycles. The van der Waals surface area contributed by atoms with Gasteiger partial charge in [-0.1, -0.05) is 12.1 Å². The molecule has 9 heteroatoms. The van der Waals surface area contributed by atoms with E-state index in [9.17, 15) is 8.42 Å². The molecule has 1 aliphatic heterocycles. The Labute approximate surface area is 178 Å². The van der Waals surface area contributed by atoms with Crippen molar-refractivity contribution in [2.45, 2.75) is 43.4 Å². The van der Waals surface area contributed by atoms with E-state index in [-0.39, 0.29) is 0 Å². The van der Waals surface area contributed by atoms with Crippen molar-refractivity contribution in [1.29, 1.82) is 0 Å². The molecule has 30 heavy (non-hydrogen) atoms. The monoisotopic (exact) mass is 439 g/mol. The zero-order valence-corrected chi connectivity index (χ0v) is 18.0. The maximum Gasteiger partial charge on any atom is 0.243 e. The van der Waals surface area contributed by atoms with Crippen LogP contribution in [0.2, 0.25) is 0 Å². The highest BCUT2D eigenvalue weighted by Crippen LogP contribution is 2.37. The molecule has 3 aromatic heterocycles. The molecule has 154 valence electrons. The highest BCUT2D eigenvalue weighted by molar-refractivity contribution is 7.89. The highest BCUT2D eigenvalue weighted by atomic mass is 32.2. The number of rotatable bonds is 3. The number of aromatic nitrogens is 4. The van der Waals surface area contributed by atoms with Crippen LogP contribution in [0, 0.1) is 0 Å². The van der Waals surface area contributed by atoms with Gasteiger partial charge in [0, 0.05) is 23.5 Å². The predicted octanol–water partition coefficient (Wildman–Crippen LogP) is 3.67. The van der Waals surface area contributed by atoms with E-state index >= 15 is 0 Å². The van der Waals surface area contributed by atoms with Gasteiger partial charge in [-0.15, -0.1) is 16.4 Å². The smallest absolute Gasteiger partial charge is 0.225 e. The predicted molar refractivity (Wildman–Crippen MR) is 116 cm³/mol. The van der Waals surface area contributed by atoms with E-state index in [0.29, 0.717) is 29.4 Å². The number of hydrogen-bond donors (Lipinski definition) is 0. The third kappa shape index (κ3) is 2.79. The van der Waals surface area contributed by atoms with Crippen LogP contribution in [-0.2, 0) is 22.9 Å². The van der Waals surface area contributed by atoms with Crippen molar-refractivity contribution >= 4 is 37.2 Å². The number of aryl methyl sites for hydroxylation is 2. The average Bonchev–Trinajstić information content (AvgIpc) is 3.51. The summed E-state index contributed by atoms with van der Waals surface area (Å²) in [6.45, 7) is 1.18. The second kappa shape index (κ2) is 6.83. The van der Waals surface area contributed by atoms with Crippen molar-refractivity contribution in [3.63, 3.8) is 0 Å². The zero-order valence-electron chi connectivity index (χ0n) is 16.4. The SMILES string of the molecule is O=S(=O)(c1cccc(-c2nc3c4c5c(sc4ncn3n2)CCCC5)c1)N1CCCC1. The molecule has 1 saturated heterocycles. The van der Waals surface area contributed by atoms with Crippen LogP contribution in [0.25, 0.3) is 27.3 Å². The third-order valence-electron chi connectivity index (χ3n) is 6.09. The van der Waals surface area contributed by atoms with Crippen LogP contribution in [0.4, 0.5) is 0 Å². The lowest BCUT2D eigenvalue weighted by Gasteiger charge is -2.15. The Balaban J connectivity index is 1.47. The Bertz CT molecular complexity index is 1380. The minimum absolute atomic E-state index is 0.303. The van der Waals surface area contributed by atoms with E-state index in [1.807, 2.05) is 6.07 Å². The van der Waals surface area contributed by atoms with E-state index in [4.69, 9.17) is 4.98 Å². The maximum atomic E-state index is 13.0. The van der Waals surface area contributed by atoms with Gasteiger partial charge in [0.05, 0.1) is 10.3 Å². The average molecular weight is 440 g/mol. The summed E-state index contributed by atoms with van der Waals surface area (Å²) in [5, 5.41) is 5.73. The van der Waals surface area contributed by atoms with Crippen LogP contribution in [0.15, 0.2) is 35.5 Å². The summed E-state index contributed by atoms with van der Waals surface area (Å²) in [7, 11) is -3.48. The summed E-state index contributed by atoms with van der Waals surface area (Å²) in [5.41, 5.74) is 2.88. The highest BCUT2D eigenvalue weighted by Gasteiger charge is 2.28. The van der Waals surface area contributed by atoms with Gasteiger partial charge in [-0.25, -0.2) is 22.9 Å². The van der Waals surface area contributed by atoms with Gasteiger partial charge in [-0.05, 0) is 56.2 Å². The number of fused-ring (bicyclic) bond motifs is 5. The van der Waals surface area contributed by atoms with Crippen molar-refractivity contribution in [2.24, 2.45) is 0 Å². The molecule has 0 spiro atoms. The minimum Gasteiger partial charge on any atom is -0.225 e. The molecule has 0 unspecified atom stereocenters. The van der Waals surface area contributed by atoms with Gasteiger partial charge in [-0.2, -0.15) is 4.31 Å². The van der Waals surface area contributed by atoms with Crippen molar-refractivity contribution in [3.8, 4) is 11.4 Å². The van der Waals surface area contributed by atoms with Gasteiger partial charge in [0.15, 0.2) is 11.5 Å². The maximum absolute atomic E-state index is 13.0. The first-order valence-corrected chi connectivity index (χ1v) is 12.6. The van der Waals surface area contributed by atoms with Crippen LogP contribution in [-0.4, -0.2) is 45.4 Å². The molecule has 0 radical (unpaired) electrons. The molecule has 7 nitrogen and oxygen atoms in total. The fourth-order valence-electron chi connectivity index (χ4n) is 4.55. The molecular formula is C21H21N5O2S2. The van der Waals surface area contributed by atoms with Gasteiger partial charge >= 0.3 is 0 Å². The Morgan fingerprint density at radius 2 is 1.87 bits per heavy atom. The minimum atomic E-state index is -3.48. The molecule has 0 saturated carbocycles. The second-order valence-corrected chi connectivity index (χ2v) is 11.0. The van der Waals surface area contributed by atoms with Gasteiger partial charge < -0.3 is 0 Å². The van der Waals surface area contributed by atoms with Crippen molar-refractivity contribution < 1.29 is 8.42 Å². The molecule has 0 N–H and O–H groups in total. The van der Waals surface area contributed by atoms with E-state index in [2.05, 4.69) is 10.1 Å². The summed E-state index contributed by atoms with van der Waals surface area (Å²) in [6.07, 6.45) is 8.13. The number of hydrogen-bond acceptors (Lipinski definition) is 6. The Morgan fingerprint density at radius 1 is 1.03 bits per heavy atom.